The zero-order chi connectivity index (χ0) is 22.2. The molecule has 0 aromatic carbocycles. The molecule has 4 heterocycles. The van der Waals surface area contributed by atoms with Gasteiger partial charge in [0.05, 0.1) is 5.92 Å². The number of amides is 1. The third-order valence-corrected chi connectivity index (χ3v) is 7.95. The van der Waals surface area contributed by atoms with Crippen LogP contribution in [0.15, 0.2) is 75.8 Å². The number of carbonyl (C=O) groups excluding carboxylic acids is 2. The third-order valence-electron chi connectivity index (χ3n) is 5.98. The van der Waals surface area contributed by atoms with E-state index in [1.54, 1.807) is 28.7 Å². The lowest BCUT2D eigenvalue weighted by atomic mass is 9.74. The Hall–Kier alpha value is -3.03. The summed E-state index contributed by atoms with van der Waals surface area (Å²) in [6.45, 7) is 3.81. The minimum atomic E-state index is -0.368. The molecule has 0 saturated carbocycles. The van der Waals surface area contributed by atoms with E-state index in [0.29, 0.717) is 17.8 Å². The van der Waals surface area contributed by atoms with E-state index in [1.807, 2.05) is 49.6 Å². The molecule has 0 radical (unpaired) electrons. The molecule has 0 bridgehead atoms. The van der Waals surface area contributed by atoms with Gasteiger partial charge in [0.2, 0.25) is 0 Å². The van der Waals surface area contributed by atoms with Crippen molar-refractivity contribution in [2.24, 2.45) is 0 Å². The number of nitrogens with one attached hydrogen (secondary N) is 2. The normalized spacial score (nSPS) is 20.8. The van der Waals surface area contributed by atoms with Crippen LogP contribution in [0.5, 0.6) is 0 Å². The molecule has 1 aliphatic carbocycles. The monoisotopic (exact) mass is 461 g/mol. The van der Waals surface area contributed by atoms with Gasteiger partial charge < -0.3 is 10.6 Å². The first-order chi connectivity index (χ1) is 15.5. The van der Waals surface area contributed by atoms with Crippen LogP contribution in [-0.2, 0) is 9.59 Å². The molecule has 5 nitrogen and oxygen atoms in total. The number of allylic oxidation sites excluding steroid dienone is 3. The summed E-state index contributed by atoms with van der Waals surface area (Å²) in [6, 6.07) is 13.6. The molecule has 5 rings (SSSR count). The minimum Gasteiger partial charge on any atom is -0.362 e. The molecule has 3 aromatic heterocycles. The van der Waals surface area contributed by atoms with Crippen LogP contribution in [-0.4, -0.2) is 16.7 Å². The third kappa shape index (κ3) is 3.82. The molecular formula is C25H23N3O2S2. The van der Waals surface area contributed by atoms with Gasteiger partial charge in [0.1, 0.15) is 5.82 Å². The van der Waals surface area contributed by atoms with Gasteiger partial charge >= 0.3 is 0 Å². The highest BCUT2D eigenvalue weighted by Gasteiger charge is 2.41. The minimum absolute atomic E-state index is 0.113. The van der Waals surface area contributed by atoms with Gasteiger partial charge in [-0.25, -0.2) is 4.98 Å². The Labute approximate surface area is 194 Å². The summed E-state index contributed by atoms with van der Waals surface area (Å²) in [5.74, 6) is 0.200. The standard InChI is InChI=1S/C25H23N3O2S2/c1-14-6-3-9-21(26-14)28-25(30)22-15(2)27-17-12-16(19-7-4-10-31-19)13-18(29)23(17)24(22)20-8-5-11-32-20/h3-11,16,24,27H,12-13H2,1-2H3,(H,26,28,30). The number of rotatable bonds is 4. The number of carbonyl (C=O) groups is 2. The van der Waals surface area contributed by atoms with E-state index in [0.717, 1.165) is 34.0 Å². The number of aromatic nitrogens is 1. The zero-order valence-corrected chi connectivity index (χ0v) is 19.5. The topological polar surface area (TPSA) is 71.1 Å². The number of dihydropyridines is 1. The summed E-state index contributed by atoms with van der Waals surface area (Å²) in [5, 5.41) is 10.4. The van der Waals surface area contributed by atoms with Crippen LogP contribution in [0.4, 0.5) is 5.82 Å². The van der Waals surface area contributed by atoms with Crippen molar-refractivity contribution in [3.05, 3.63) is 91.2 Å². The first kappa shape index (κ1) is 20.8. The lowest BCUT2D eigenvalue weighted by Gasteiger charge is -2.36. The fourth-order valence-corrected chi connectivity index (χ4v) is 6.27. The summed E-state index contributed by atoms with van der Waals surface area (Å²) in [5.41, 5.74) is 3.87. The van der Waals surface area contributed by atoms with E-state index < -0.39 is 0 Å². The number of hydrogen-bond donors (Lipinski definition) is 2. The first-order valence-electron chi connectivity index (χ1n) is 10.6. The van der Waals surface area contributed by atoms with Gasteiger partial charge in [0.25, 0.3) is 5.91 Å². The number of anilines is 1. The number of nitrogens with zero attached hydrogens (tertiary/aromatic N) is 1. The molecule has 0 fully saturated rings. The van der Waals surface area contributed by atoms with Crippen LogP contribution in [0.25, 0.3) is 0 Å². The molecule has 0 saturated heterocycles. The van der Waals surface area contributed by atoms with Crippen LogP contribution in [0, 0.1) is 6.92 Å². The molecule has 2 N–H and O–H groups in total. The first-order valence-corrected chi connectivity index (χ1v) is 12.3. The number of Topliss-reactive ketones (excluding diaryl/α,β-unsaturated/α-hetero) is 1. The highest BCUT2D eigenvalue weighted by atomic mass is 32.1. The van der Waals surface area contributed by atoms with Crippen LogP contribution in [0.1, 0.15) is 47.0 Å². The summed E-state index contributed by atoms with van der Waals surface area (Å²) in [4.78, 5) is 33.6. The number of aryl methyl sites for hydroxylation is 1. The number of ketones is 1. The fourth-order valence-electron chi connectivity index (χ4n) is 4.60. The number of thiophene rings is 2. The molecule has 32 heavy (non-hydrogen) atoms. The number of hydrogen-bond acceptors (Lipinski definition) is 6. The van der Waals surface area contributed by atoms with Crippen LogP contribution in [0.2, 0.25) is 0 Å². The van der Waals surface area contributed by atoms with Gasteiger partial charge in [-0.2, -0.15) is 0 Å². The van der Waals surface area contributed by atoms with E-state index in [2.05, 4.69) is 27.1 Å². The van der Waals surface area contributed by atoms with Gasteiger partial charge in [-0.3, -0.25) is 9.59 Å². The SMILES string of the molecule is CC1=C(C(=O)Nc2cccc(C)n2)C(c2cccs2)C2=C(CC(c3cccs3)CC2=O)N1. The van der Waals surface area contributed by atoms with Crippen LogP contribution in [0.3, 0.4) is 0 Å². The zero-order valence-electron chi connectivity index (χ0n) is 17.8. The van der Waals surface area contributed by atoms with Crippen molar-refractivity contribution in [1.29, 1.82) is 0 Å². The van der Waals surface area contributed by atoms with Gasteiger partial charge in [0.15, 0.2) is 5.78 Å². The van der Waals surface area contributed by atoms with Crippen molar-refractivity contribution in [3.8, 4) is 0 Å². The van der Waals surface area contributed by atoms with Crippen molar-refractivity contribution in [3.63, 3.8) is 0 Å². The largest absolute Gasteiger partial charge is 0.362 e. The highest BCUT2D eigenvalue weighted by molar-refractivity contribution is 7.10. The second-order valence-electron chi connectivity index (χ2n) is 8.17. The van der Waals surface area contributed by atoms with Crippen LogP contribution >= 0.6 is 22.7 Å². The average Bonchev–Trinajstić information content (AvgIpc) is 3.47. The van der Waals surface area contributed by atoms with E-state index in [4.69, 9.17) is 0 Å². The number of pyridine rings is 1. The summed E-state index contributed by atoms with van der Waals surface area (Å²) < 4.78 is 0. The van der Waals surface area contributed by atoms with E-state index >= 15 is 0 Å². The fraction of sp³-hybridized carbons (Fsp3) is 0.240. The molecule has 1 aliphatic heterocycles. The maximum Gasteiger partial charge on any atom is 0.255 e. The van der Waals surface area contributed by atoms with Crippen molar-refractivity contribution >= 4 is 40.2 Å². The molecule has 162 valence electrons. The Morgan fingerprint density at radius 2 is 1.78 bits per heavy atom. The van der Waals surface area contributed by atoms with E-state index in [9.17, 15) is 9.59 Å². The maximum absolute atomic E-state index is 13.5. The Morgan fingerprint density at radius 1 is 1.03 bits per heavy atom. The molecule has 7 heteroatoms. The van der Waals surface area contributed by atoms with Crippen molar-refractivity contribution in [1.82, 2.24) is 10.3 Å². The van der Waals surface area contributed by atoms with Gasteiger partial charge in [-0.15, -0.1) is 22.7 Å². The van der Waals surface area contributed by atoms with Gasteiger partial charge in [-0.1, -0.05) is 18.2 Å². The van der Waals surface area contributed by atoms with Gasteiger partial charge in [-0.05, 0) is 55.3 Å². The molecule has 2 unspecified atom stereocenters. The second kappa shape index (κ2) is 8.48. The van der Waals surface area contributed by atoms with Crippen molar-refractivity contribution in [2.45, 2.75) is 38.5 Å². The predicted molar refractivity (Wildman–Crippen MR) is 129 cm³/mol. The van der Waals surface area contributed by atoms with Gasteiger partial charge in [0, 0.05) is 50.3 Å². The summed E-state index contributed by atoms with van der Waals surface area (Å²) in [7, 11) is 0. The predicted octanol–water partition coefficient (Wildman–Crippen LogP) is 5.51. The van der Waals surface area contributed by atoms with E-state index in [1.165, 1.54) is 4.88 Å². The summed E-state index contributed by atoms with van der Waals surface area (Å²) in [6.07, 6.45) is 1.24. The summed E-state index contributed by atoms with van der Waals surface area (Å²) >= 11 is 3.27. The van der Waals surface area contributed by atoms with Crippen molar-refractivity contribution < 1.29 is 9.59 Å². The lowest BCUT2D eigenvalue weighted by molar-refractivity contribution is -0.116. The quantitative estimate of drug-likeness (QED) is 0.537. The molecule has 0 spiro atoms. The lowest BCUT2D eigenvalue weighted by Crippen LogP contribution is -2.36. The smallest absolute Gasteiger partial charge is 0.255 e. The molecule has 2 atom stereocenters. The Bertz CT molecular complexity index is 1240. The maximum atomic E-state index is 13.5. The highest BCUT2D eigenvalue weighted by Crippen LogP contribution is 2.47. The van der Waals surface area contributed by atoms with Crippen LogP contribution < -0.4 is 10.6 Å². The Morgan fingerprint density at radius 3 is 2.47 bits per heavy atom. The van der Waals surface area contributed by atoms with Crippen molar-refractivity contribution in [2.75, 3.05) is 5.32 Å². The average molecular weight is 462 g/mol. The second-order valence-corrected chi connectivity index (χ2v) is 10.1. The Kier molecular flexibility index (Phi) is 5.53. The van der Waals surface area contributed by atoms with E-state index in [-0.39, 0.29) is 23.5 Å². The Balaban J connectivity index is 1.53. The molecular weight excluding hydrogens is 438 g/mol. The molecule has 1 amide bonds. The molecule has 3 aromatic rings. The molecule has 2 aliphatic rings.